The molecule has 19 heavy (non-hydrogen) atoms. The van der Waals surface area contributed by atoms with E-state index in [1.807, 2.05) is 0 Å². The average Bonchev–Trinajstić information content (AvgIpc) is 2.39. The predicted molar refractivity (Wildman–Crippen MR) is 70.2 cm³/mol. The van der Waals surface area contributed by atoms with Gasteiger partial charge < -0.3 is 4.18 Å². The molecule has 0 spiro atoms. The Labute approximate surface area is 111 Å². The highest BCUT2D eigenvalue weighted by molar-refractivity contribution is 7.87. The minimum atomic E-state index is -4.09. The maximum absolute atomic E-state index is 12.0. The Hall–Kier alpha value is -2.14. The molecule has 2 aromatic rings. The van der Waals surface area contributed by atoms with Crippen molar-refractivity contribution in [3.63, 3.8) is 0 Å². The second-order valence-electron chi connectivity index (χ2n) is 3.96. The highest BCUT2D eigenvalue weighted by Crippen LogP contribution is 2.18. The van der Waals surface area contributed by atoms with Crippen LogP contribution in [-0.4, -0.2) is 14.4 Å². The first-order chi connectivity index (χ1) is 9.00. The SMILES string of the molecule is Cc1ccccc1S(=O)(=O)OC(=O)c1ccccc1. The van der Waals surface area contributed by atoms with Gasteiger partial charge >= 0.3 is 16.1 Å². The number of carbonyl (C=O) groups excluding carboxylic acids is 1. The molecular formula is C14H12O4S. The van der Waals surface area contributed by atoms with Crippen molar-refractivity contribution in [2.75, 3.05) is 0 Å². The van der Waals surface area contributed by atoms with Gasteiger partial charge in [0.2, 0.25) is 0 Å². The van der Waals surface area contributed by atoms with Crippen LogP contribution < -0.4 is 0 Å². The lowest BCUT2D eigenvalue weighted by Crippen LogP contribution is -2.14. The molecule has 0 unspecified atom stereocenters. The Balaban J connectivity index is 2.29. The van der Waals surface area contributed by atoms with Crippen molar-refractivity contribution in [2.45, 2.75) is 11.8 Å². The Bertz CT molecular complexity index is 690. The van der Waals surface area contributed by atoms with Gasteiger partial charge in [-0.15, -0.1) is 0 Å². The van der Waals surface area contributed by atoms with E-state index in [0.717, 1.165) is 0 Å². The minimum absolute atomic E-state index is 0.000666. The van der Waals surface area contributed by atoms with Gasteiger partial charge in [-0.2, -0.15) is 8.42 Å². The van der Waals surface area contributed by atoms with E-state index in [2.05, 4.69) is 4.18 Å². The van der Waals surface area contributed by atoms with Gasteiger partial charge in [-0.05, 0) is 30.7 Å². The van der Waals surface area contributed by atoms with Crippen LogP contribution in [-0.2, 0) is 14.3 Å². The molecule has 0 saturated heterocycles. The van der Waals surface area contributed by atoms with Crippen molar-refractivity contribution < 1.29 is 17.4 Å². The van der Waals surface area contributed by atoms with E-state index in [9.17, 15) is 13.2 Å². The lowest BCUT2D eigenvalue weighted by atomic mass is 10.2. The topological polar surface area (TPSA) is 60.4 Å². The summed E-state index contributed by atoms with van der Waals surface area (Å²) in [7, 11) is -4.09. The van der Waals surface area contributed by atoms with E-state index < -0.39 is 16.1 Å². The Morgan fingerprint density at radius 3 is 2.16 bits per heavy atom. The first-order valence-electron chi connectivity index (χ1n) is 5.60. The smallest absolute Gasteiger partial charge is 0.338 e. The van der Waals surface area contributed by atoms with Crippen LogP contribution in [0.2, 0.25) is 0 Å². The molecule has 5 heteroatoms. The number of benzene rings is 2. The molecule has 0 aliphatic heterocycles. The largest absolute Gasteiger partial charge is 0.354 e. The van der Waals surface area contributed by atoms with Crippen LogP contribution in [0.4, 0.5) is 0 Å². The maximum atomic E-state index is 12.0. The van der Waals surface area contributed by atoms with Crippen LogP contribution in [0.25, 0.3) is 0 Å². The molecule has 0 radical (unpaired) electrons. The predicted octanol–water partition coefficient (Wildman–Crippen LogP) is 2.54. The Kier molecular flexibility index (Phi) is 3.66. The Morgan fingerprint density at radius 2 is 1.53 bits per heavy atom. The molecule has 0 N–H and O–H groups in total. The average molecular weight is 276 g/mol. The highest BCUT2D eigenvalue weighted by atomic mass is 32.2. The summed E-state index contributed by atoms with van der Waals surface area (Å²) in [5.74, 6) is -0.885. The molecule has 0 heterocycles. The molecule has 2 rings (SSSR count). The van der Waals surface area contributed by atoms with Crippen LogP contribution in [0.1, 0.15) is 15.9 Å². The van der Waals surface area contributed by atoms with Gasteiger partial charge in [-0.1, -0.05) is 36.4 Å². The first-order valence-corrected chi connectivity index (χ1v) is 7.01. The van der Waals surface area contributed by atoms with Gasteiger partial charge in [-0.3, -0.25) is 0 Å². The maximum Gasteiger partial charge on any atom is 0.354 e. The minimum Gasteiger partial charge on any atom is -0.338 e. The van der Waals surface area contributed by atoms with E-state index in [-0.39, 0.29) is 10.5 Å². The lowest BCUT2D eigenvalue weighted by Gasteiger charge is -2.07. The van der Waals surface area contributed by atoms with E-state index in [0.29, 0.717) is 5.56 Å². The zero-order chi connectivity index (χ0) is 13.9. The van der Waals surface area contributed by atoms with Crippen molar-refractivity contribution in [3.05, 3.63) is 65.7 Å². The number of aryl methyl sites for hydroxylation is 1. The van der Waals surface area contributed by atoms with Gasteiger partial charge in [0.1, 0.15) is 4.90 Å². The molecule has 4 nitrogen and oxygen atoms in total. The van der Waals surface area contributed by atoms with Crippen LogP contribution >= 0.6 is 0 Å². The summed E-state index contributed by atoms with van der Waals surface area (Å²) in [6, 6.07) is 14.3. The molecule has 0 saturated carbocycles. The van der Waals surface area contributed by atoms with Crippen molar-refractivity contribution in [1.82, 2.24) is 0 Å². The van der Waals surface area contributed by atoms with Gasteiger partial charge in [0.25, 0.3) is 0 Å². The number of rotatable bonds is 3. The summed E-state index contributed by atoms with van der Waals surface area (Å²) in [5, 5.41) is 0. The molecule has 0 amide bonds. The van der Waals surface area contributed by atoms with E-state index in [1.54, 1.807) is 43.3 Å². The fourth-order valence-electron chi connectivity index (χ4n) is 1.60. The van der Waals surface area contributed by atoms with Crippen LogP contribution in [0.15, 0.2) is 59.5 Å². The molecule has 0 bridgehead atoms. The molecule has 2 aromatic carbocycles. The molecule has 0 aliphatic carbocycles. The standard InChI is InChI=1S/C14H12O4S/c1-11-7-5-6-10-13(11)19(16,17)18-14(15)12-8-3-2-4-9-12/h2-10H,1H3. The molecule has 0 fully saturated rings. The summed E-state index contributed by atoms with van der Waals surface area (Å²) >= 11 is 0. The molecule has 0 aliphatic rings. The van der Waals surface area contributed by atoms with Gasteiger partial charge in [-0.25, -0.2) is 4.79 Å². The van der Waals surface area contributed by atoms with E-state index >= 15 is 0 Å². The highest BCUT2D eigenvalue weighted by Gasteiger charge is 2.22. The van der Waals surface area contributed by atoms with E-state index in [1.165, 1.54) is 18.2 Å². The molecule has 0 atom stereocenters. The summed E-state index contributed by atoms with van der Waals surface area (Å²) < 4.78 is 28.6. The first kappa shape index (κ1) is 13.3. The fraction of sp³-hybridized carbons (Fsp3) is 0.0714. The summed E-state index contributed by atoms with van der Waals surface area (Å²) in [6.45, 7) is 1.64. The van der Waals surface area contributed by atoms with Crippen LogP contribution in [0.5, 0.6) is 0 Å². The monoisotopic (exact) mass is 276 g/mol. The number of hydrogen-bond donors (Lipinski definition) is 0. The lowest BCUT2D eigenvalue weighted by molar-refractivity contribution is 0.0746. The van der Waals surface area contributed by atoms with Gasteiger partial charge in [0.15, 0.2) is 0 Å². The van der Waals surface area contributed by atoms with Gasteiger partial charge in [0, 0.05) is 0 Å². The second-order valence-corrected chi connectivity index (χ2v) is 5.47. The van der Waals surface area contributed by atoms with Crippen LogP contribution in [0, 0.1) is 6.92 Å². The van der Waals surface area contributed by atoms with Crippen LogP contribution in [0.3, 0.4) is 0 Å². The number of hydrogen-bond acceptors (Lipinski definition) is 4. The zero-order valence-electron chi connectivity index (χ0n) is 10.2. The fourth-order valence-corrected chi connectivity index (χ4v) is 2.70. The second kappa shape index (κ2) is 5.24. The Morgan fingerprint density at radius 1 is 0.947 bits per heavy atom. The summed E-state index contributed by atoms with van der Waals surface area (Å²) in [6.07, 6.45) is 0. The molecule has 98 valence electrons. The van der Waals surface area contributed by atoms with Crippen molar-refractivity contribution in [1.29, 1.82) is 0 Å². The summed E-state index contributed by atoms with van der Waals surface area (Å²) in [4.78, 5) is 11.7. The van der Waals surface area contributed by atoms with Crippen molar-refractivity contribution in [2.24, 2.45) is 0 Å². The third-order valence-electron chi connectivity index (χ3n) is 2.56. The molecular weight excluding hydrogens is 264 g/mol. The third-order valence-corrected chi connectivity index (χ3v) is 3.93. The molecule has 0 aromatic heterocycles. The summed E-state index contributed by atoms with van der Waals surface area (Å²) in [5.41, 5.74) is 0.725. The van der Waals surface area contributed by atoms with Crippen molar-refractivity contribution >= 4 is 16.1 Å². The normalized spacial score (nSPS) is 11.0. The quantitative estimate of drug-likeness (QED) is 0.808. The van der Waals surface area contributed by atoms with E-state index in [4.69, 9.17) is 0 Å². The van der Waals surface area contributed by atoms with Crippen molar-refractivity contribution in [3.8, 4) is 0 Å². The number of carbonyl (C=O) groups is 1. The van der Waals surface area contributed by atoms with Gasteiger partial charge in [0.05, 0.1) is 5.56 Å². The zero-order valence-corrected chi connectivity index (χ0v) is 11.1. The third kappa shape index (κ3) is 3.00.